The van der Waals surface area contributed by atoms with Gasteiger partial charge in [-0.2, -0.15) is 0 Å². The van der Waals surface area contributed by atoms with E-state index in [4.69, 9.17) is 0 Å². The SMILES string of the molecule is CC(C)(C)N([O-])C(C)(C)C. The van der Waals surface area contributed by atoms with E-state index < -0.39 is 0 Å². The van der Waals surface area contributed by atoms with Crippen molar-refractivity contribution in [2.24, 2.45) is 0 Å². The maximum Gasteiger partial charge on any atom is 0.000801 e. The maximum absolute atomic E-state index is 11.4. The summed E-state index contributed by atoms with van der Waals surface area (Å²) in [6, 6.07) is 0. The first-order valence-corrected chi connectivity index (χ1v) is 3.63. The lowest BCUT2D eigenvalue weighted by Crippen LogP contribution is -2.48. The van der Waals surface area contributed by atoms with Gasteiger partial charge in [0.1, 0.15) is 0 Å². The molecule has 0 spiro atoms. The quantitative estimate of drug-likeness (QED) is 0.488. The van der Waals surface area contributed by atoms with Gasteiger partial charge in [0.25, 0.3) is 0 Å². The van der Waals surface area contributed by atoms with Crippen LogP contribution in [-0.4, -0.2) is 16.1 Å². The Bertz CT molecular complexity index is 93.4. The second kappa shape index (κ2) is 2.51. The highest BCUT2D eigenvalue weighted by atomic mass is 16.5. The van der Waals surface area contributed by atoms with Crippen LogP contribution in [0.1, 0.15) is 41.5 Å². The van der Waals surface area contributed by atoms with Crippen LogP contribution in [0.3, 0.4) is 0 Å². The van der Waals surface area contributed by atoms with Crippen LogP contribution in [0.2, 0.25) is 0 Å². The van der Waals surface area contributed by atoms with Gasteiger partial charge >= 0.3 is 0 Å². The fraction of sp³-hybridized carbons (Fsp3) is 1.00. The van der Waals surface area contributed by atoms with Crippen LogP contribution < -0.4 is 0 Å². The van der Waals surface area contributed by atoms with Crippen LogP contribution in [0.5, 0.6) is 0 Å². The van der Waals surface area contributed by atoms with Crippen LogP contribution in [0.4, 0.5) is 0 Å². The van der Waals surface area contributed by atoms with Crippen molar-refractivity contribution in [3.05, 3.63) is 5.21 Å². The van der Waals surface area contributed by atoms with E-state index in [0.29, 0.717) is 0 Å². The third kappa shape index (κ3) is 2.67. The number of hydrogen-bond donors (Lipinski definition) is 0. The molecule has 0 saturated carbocycles. The highest BCUT2D eigenvalue weighted by molar-refractivity contribution is 4.86. The molecule has 0 atom stereocenters. The first kappa shape index (κ1) is 9.92. The van der Waals surface area contributed by atoms with Gasteiger partial charge in [0.2, 0.25) is 0 Å². The van der Waals surface area contributed by atoms with Crippen molar-refractivity contribution < 1.29 is 0 Å². The van der Waals surface area contributed by atoms with Crippen LogP contribution in [-0.2, 0) is 0 Å². The second-order valence-electron chi connectivity index (χ2n) is 4.64. The van der Waals surface area contributed by atoms with E-state index in [1.807, 2.05) is 41.5 Å². The van der Waals surface area contributed by atoms with Crippen molar-refractivity contribution >= 4 is 0 Å². The van der Waals surface area contributed by atoms with Crippen molar-refractivity contribution in [3.8, 4) is 0 Å². The molecule has 0 N–H and O–H groups in total. The molecule has 0 saturated heterocycles. The van der Waals surface area contributed by atoms with Crippen molar-refractivity contribution in [3.63, 3.8) is 0 Å². The highest BCUT2D eigenvalue weighted by Crippen LogP contribution is 2.22. The summed E-state index contributed by atoms with van der Waals surface area (Å²) in [5.41, 5.74) is -0.559. The normalized spacial score (nSPS) is 14.4. The molecule has 2 nitrogen and oxygen atoms in total. The number of rotatable bonds is 0. The summed E-state index contributed by atoms with van der Waals surface area (Å²) < 4.78 is 0. The molecule has 0 aromatic rings. The molecule has 0 aliphatic rings. The fourth-order valence-electron chi connectivity index (χ4n) is 1.01. The van der Waals surface area contributed by atoms with E-state index in [-0.39, 0.29) is 11.1 Å². The fourth-order valence-corrected chi connectivity index (χ4v) is 1.01. The number of nitrogens with zero attached hydrogens (tertiary/aromatic N) is 1. The van der Waals surface area contributed by atoms with Crippen LogP contribution in [0, 0.1) is 5.21 Å². The first-order chi connectivity index (χ1) is 4.15. The molecule has 0 unspecified atom stereocenters. The van der Waals surface area contributed by atoms with Crippen molar-refractivity contribution in [1.82, 2.24) is 5.06 Å². The average molecular weight is 144 g/mol. The van der Waals surface area contributed by atoms with Gasteiger partial charge in [0.05, 0.1) is 0 Å². The topological polar surface area (TPSA) is 26.3 Å². The van der Waals surface area contributed by atoms with Gasteiger partial charge in [-0.3, -0.25) is 0 Å². The molecule has 0 aromatic heterocycles. The molecule has 0 aliphatic carbocycles. The van der Waals surface area contributed by atoms with Crippen molar-refractivity contribution in [1.29, 1.82) is 0 Å². The van der Waals surface area contributed by atoms with E-state index in [0.717, 1.165) is 5.06 Å². The predicted molar refractivity (Wildman–Crippen MR) is 44.7 cm³/mol. The molecule has 0 fully saturated rings. The minimum Gasteiger partial charge on any atom is -0.784 e. The molecule has 0 aliphatic heterocycles. The van der Waals surface area contributed by atoms with E-state index in [9.17, 15) is 5.21 Å². The van der Waals surface area contributed by atoms with Crippen molar-refractivity contribution in [2.75, 3.05) is 0 Å². The third-order valence-corrected chi connectivity index (χ3v) is 1.22. The zero-order valence-corrected chi connectivity index (χ0v) is 7.86. The Morgan fingerprint density at radius 1 is 0.800 bits per heavy atom. The van der Waals surface area contributed by atoms with E-state index in [1.165, 1.54) is 0 Å². The molecule has 0 amide bonds. The molecule has 2 heteroatoms. The minimum atomic E-state index is -0.280. The lowest BCUT2D eigenvalue weighted by atomic mass is 10.0. The van der Waals surface area contributed by atoms with Gasteiger partial charge in [-0.05, 0) is 41.5 Å². The molecule has 0 rings (SSSR count). The van der Waals surface area contributed by atoms with E-state index >= 15 is 0 Å². The van der Waals surface area contributed by atoms with Gasteiger partial charge in [-0.15, -0.1) is 0 Å². The summed E-state index contributed by atoms with van der Waals surface area (Å²) >= 11 is 0. The predicted octanol–water partition coefficient (Wildman–Crippen LogP) is 2.38. The lowest BCUT2D eigenvalue weighted by Gasteiger charge is -2.51. The van der Waals surface area contributed by atoms with Gasteiger partial charge < -0.3 is 10.3 Å². The van der Waals surface area contributed by atoms with Crippen LogP contribution in [0.15, 0.2) is 0 Å². The molecule has 62 valence electrons. The summed E-state index contributed by atoms with van der Waals surface area (Å²) in [6.07, 6.45) is 0. The Morgan fingerprint density at radius 3 is 1.00 bits per heavy atom. The summed E-state index contributed by atoms with van der Waals surface area (Å²) in [5, 5.41) is 12.5. The second-order valence-corrected chi connectivity index (χ2v) is 4.64. The molecule has 0 bridgehead atoms. The average Bonchev–Trinajstić information content (AvgIpc) is 1.59. The maximum atomic E-state index is 11.4. The van der Waals surface area contributed by atoms with Gasteiger partial charge in [-0.25, -0.2) is 0 Å². The summed E-state index contributed by atoms with van der Waals surface area (Å²) in [4.78, 5) is 0. The Kier molecular flexibility index (Phi) is 2.49. The van der Waals surface area contributed by atoms with Gasteiger partial charge in [0, 0.05) is 11.1 Å². The first-order valence-electron chi connectivity index (χ1n) is 3.63. The van der Waals surface area contributed by atoms with Gasteiger partial charge in [-0.1, -0.05) is 0 Å². The molecular weight excluding hydrogens is 126 g/mol. The largest absolute Gasteiger partial charge is 0.784 e. The summed E-state index contributed by atoms with van der Waals surface area (Å²) in [6.45, 7) is 11.5. The summed E-state index contributed by atoms with van der Waals surface area (Å²) in [7, 11) is 0. The van der Waals surface area contributed by atoms with E-state index in [1.54, 1.807) is 0 Å². The highest BCUT2D eigenvalue weighted by Gasteiger charge is 2.22. The molecule has 10 heavy (non-hydrogen) atoms. The van der Waals surface area contributed by atoms with Crippen LogP contribution in [0.25, 0.3) is 0 Å². The zero-order valence-electron chi connectivity index (χ0n) is 7.86. The number of hydroxylamine groups is 2. The van der Waals surface area contributed by atoms with Crippen molar-refractivity contribution in [2.45, 2.75) is 52.6 Å². The van der Waals surface area contributed by atoms with Crippen LogP contribution >= 0.6 is 0 Å². The smallest absolute Gasteiger partial charge is 0.000801 e. The zero-order chi connectivity index (χ0) is 8.58. The Hall–Kier alpha value is -0.0800. The van der Waals surface area contributed by atoms with E-state index in [2.05, 4.69) is 0 Å². The molecule has 0 aromatic carbocycles. The lowest BCUT2D eigenvalue weighted by molar-refractivity contribution is 0.0966. The Labute approximate surface area is 63.8 Å². The molecule has 0 heterocycles. The monoisotopic (exact) mass is 144 g/mol. The molecular formula is C8H18NO-. The van der Waals surface area contributed by atoms with Gasteiger partial charge in [0.15, 0.2) is 0 Å². The number of hydrogen-bond acceptors (Lipinski definition) is 2. The standard InChI is InChI=1S/C8H18NO/c1-7(2,3)9(10)8(4,5)6/h1-6H3/q-1. The summed E-state index contributed by atoms with van der Waals surface area (Å²) in [5.74, 6) is 0. The molecule has 0 radical (unpaired) electrons. The Balaban J connectivity index is 4.23. The third-order valence-electron chi connectivity index (χ3n) is 1.22. The Morgan fingerprint density at radius 2 is 1.00 bits per heavy atom. The minimum absolute atomic E-state index is 0.280.